The molecule has 0 fully saturated rings. The number of hydrogen-bond donors (Lipinski definition) is 4. The molecule has 0 aliphatic rings. The van der Waals surface area contributed by atoms with E-state index in [4.69, 9.17) is 5.73 Å². The Bertz CT molecular complexity index is 762. The molecule has 0 radical (unpaired) electrons. The van der Waals surface area contributed by atoms with Crippen LogP contribution in [0.3, 0.4) is 0 Å². The summed E-state index contributed by atoms with van der Waals surface area (Å²) in [5.74, 6) is -0.813. The summed E-state index contributed by atoms with van der Waals surface area (Å²) in [5.41, 5.74) is 7.06. The van der Waals surface area contributed by atoms with E-state index in [9.17, 15) is 14.4 Å². The van der Waals surface area contributed by atoms with Crippen molar-refractivity contribution in [3.05, 3.63) is 65.7 Å². The summed E-state index contributed by atoms with van der Waals surface area (Å²) in [6.07, 6.45) is 0.810. The van der Waals surface area contributed by atoms with Crippen LogP contribution in [0.25, 0.3) is 0 Å². The molecule has 26 heavy (non-hydrogen) atoms. The maximum atomic E-state index is 12.0. The minimum atomic E-state index is -0.479. The normalized spacial score (nSPS) is 10.0. The van der Waals surface area contributed by atoms with Gasteiger partial charge in [0.2, 0.25) is 5.91 Å². The van der Waals surface area contributed by atoms with Gasteiger partial charge in [-0.25, -0.2) is 4.79 Å². The Labute approximate surface area is 152 Å². The van der Waals surface area contributed by atoms with Gasteiger partial charge in [0.25, 0.3) is 5.91 Å². The highest BCUT2D eigenvalue weighted by molar-refractivity contribution is 5.97. The monoisotopic (exact) mass is 354 g/mol. The van der Waals surface area contributed by atoms with Gasteiger partial charge < -0.3 is 21.7 Å². The molecule has 0 saturated carbocycles. The first kappa shape index (κ1) is 19.0. The predicted octanol–water partition coefficient (Wildman–Crippen LogP) is 1.66. The van der Waals surface area contributed by atoms with Gasteiger partial charge in [-0.2, -0.15) is 0 Å². The lowest BCUT2D eigenvalue weighted by molar-refractivity contribution is -0.117. The number of rotatable bonds is 8. The highest BCUT2D eigenvalue weighted by atomic mass is 16.2. The zero-order chi connectivity index (χ0) is 18.8. The fraction of sp³-hybridized carbons (Fsp3) is 0.211. The quantitative estimate of drug-likeness (QED) is 0.578. The number of nitrogens with one attached hydrogen (secondary N) is 3. The molecule has 0 aliphatic carbocycles. The molecule has 0 heterocycles. The Morgan fingerprint density at radius 2 is 1.65 bits per heavy atom. The summed E-state index contributed by atoms with van der Waals surface area (Å²) in [7, 11) is 0. The largest absolute Gasteiger partial charge is 0.370 e. The average molecular weight is 354 g/mol. The van der Waals surface area contributed by atoms with Crippen molar-refractivity contribution in [2.75, 3.05) is 18.4 Å². The Morgan fingerprint density at radius 3 is 2.38 bits per heavy atom. The molecule has 0 bridgehead atoms. The molecule has 7 nitrogen and oxygen atoms in total. The zero-order valence-electron chi connectivity index (χ0n) is 14.3. The summed E-state index contributed by atoms with van der Waals surface area (Å²) >= 11 is 0. The van der Waals surface area contributed by atoms with E-state index in [-0.39, 0.29) is 24.9 Å². The molecule has 5 N–H and O–H groups in total. The summed E-state index contributed by atoms with van der Waals surface area (Å²) in [6, 6.07) is 16.1. The second kappa shape index (κ2) is 9.83. The Balaban J connectivity index is 1.80. The van der Waals surface area contributed by atoms with Crippen LogP contribution in [0.2, 0.25) is 0 Å². The van der Waals surface area contributed by atoms with E-state index in [2.05, 4.69) is 16.0 Å². The molecule has 136 valence electrons. The third-order valence-corrected chi connectivity index (χ3v) is 3.58. The van der Waals surface area contributed by atoms with E-state index in [1.165, 1.54) is 0 Å². The van der Waals surface area contributed by atoms with Crippen LogP contribution < -0.4 is 21.7 Å². The van der Waals surface area contributed by atoms with Gasteiger partial charge in [0.05, 0.1) is 0 Å². The van der Waals surface area contributed by atoms with Crippen molar-refractivity contribution in [3.63, 3.8) is 0 Å². The summed E-state index contributed by atoms with van der Waals surface area (Å²) in [6.45, 7) is 0.676. The van der Waals surface area contributed by atoms with Gasteiger partial charge >= 0.3 is 6.03 Å². The molecule has 0 spiro atoms. The number of urea groups is 1. The first-order valence-electron chi connectivity index (χ1n) is 8.30. The molecule has 7 heteroatoms. The molecule has 2 aromatic carbocycles. The molecule has 4 amide bonds. The number of hydrogen-bond acceptors (Lipinski definition) is 3. The van der Waals surface area contributed by atoms with Gasteiger partial charge in [0, 0.05) is 30.8 Å². The van der Waals surface area contributed by atoms with Gasteiger partial charge in [-0.3, -0.25) is 9.59 Å². The highest BCUT2D eigenvalue weighted by Gasteiger charge is 2.08. The summed E-state index contributed by atoms with van der Waals surface area (Å²) < 4.78 is 0. The third kappa shape index (κ3) is 6.64. The number of benzene rings is 2. The van der Waals surface area contributed by atoms with Gasteiger partial charge in [-0.15, -0.1) is 0 Å². The Kier molecular flexibility index (Phi) is 7.17. The molecule has 0 aromatic heterocycles. The molecule has 0 atom stereocenters. The van der Waals surface area contributed by atoms with Crippen LogP contribution >= 0.6 is 0 Å². The van der Waals surface area contributed by atoms with Crippen molar-refractivity contribution in [1.82, 2.24) is 10.6 Å². The lowest BCUT2D eigenvalue weighted by atomic mass is 10.1. The van der Waals surface area contributed by atoms with Crippen molar-refractivity contribution in [3.8, 4) is 0 Å². The van der Waals surface area contributed by atoms with Crippen molar-refractivity contribution in [2.45, 2.75) is 12.8 Å². The van der Waals surface area contributed by atoms with E-state index >= 15 is 0 Å². The number of carbonyl (C=O) groups excluding carboxylic acids is 3. The van der Waals surface area contributed by atoms with Crippen molar-refractivity contribution in [1.29, 1.82) is 0 Å². The minimum absolute atomic E-state index is 0.0769. The van der Waals surface area contributed by atoms with Gasteiger partial charge in [0.1, 0.15) is 0 Å². The predicted molar refractivity (Wildman–Crippen MR) is 99.8 cm³/mol. The number of anilines is 1. The molecule has 0 saturated heterocycles. The van der Waals surface area contributed by atoms with E-state index < -0.39 is 5.91 Å². The zero-order valence-corrected chi connectivity index (χ0v) is 14.3. The summed E-state index contributed by atoms with van der Waals surface area (Å²) in [5, 5.41) is 8.06. The highest BCUT2D eigenvalue weighted by Crippen LogP contribution is 2.10. The van der Waals surface area contributed by atoms with E-state index in [1.807, 2.05) is 30.3 Å². The maximum absolute atomic E-state index is 12.0. The van der Waals surface area contributed by atoms with Crippen LogP contribution in [0.15, 0.2) is 54.6 Å². The topological polar surface area (TPSA) is 113 Å². The van der Waals surface area contributed by atoms with E-state index in [0.717, 1.165) is 12.0 Å². The smallest absolute Gasteiger partial charge is 0.319 e. The minimum Gasteiger partial charge on any atom is -0.370 e. The van der Waals surface area contributed by atoms with Crippen molar-refractivity contribution in [2.24, 2.45) is 5.73 Å². The van der Waals surface area contributed by atoms with Crippen molar-refractivity contribution < 1.29 is 14.4 Å². The van der Waals surface area contributed by atoms with Crippen LogP contribution in [0.1, 0.15) is 22.3 Å². The number of nitrogens with two attached hydrogens (primary N) is 1. The molecular weight excluding hydrogens is 332 g/mol. The van der Waals surface area contributed by atoms with E-state index in [1.54, 1.807) is 24.3 Å². The second-order valence-corrected chi connectivity index (χ2v) is 5.67. The van der Waals surface area contributed by atoms with Gasteiger partial charge in [0.15, 0.2) is 0 Å². The van der Waals surface area contributed by atoms with Gasteiger partial charge in [-0.1, -0.05) is 36.4 Å². The number of carbonyl (C=O) groups is 3. The Hall–Kier alpha value is -3.35. The van der Waals surface area contributed by atoms with Crippen LogP contribution in [0.4, 0.5) is 10.5 Å². The van der Waals surface area contributed by atoms with Crippen LogP contribution in [0, 0.1) is 0 Å². The number of primary amides is 1. The standard InChI is InChI=1S/C19H22N4O3/c20-17(24)10-12-21-18(25)15-7-4-8-16(13-15)23-19(26)22-11-9-14-5-2-1-3-6-14/h1-8,13H,9-12H2,(H2,20,24)(H,21,25)(H2,22,23,26). The van der Waals surface area contributed by atoms with Gasteiger partial charge in [-0.05, 0) is 30.2 Å². The van der Waals surface area contributed by atoms with E-state index in [0.29, 0.717) is 17.8 Å². The lowest BCUT2D eigenvalue weighted by Crippen LogP contribution is -2.31. The molecular formula is C19H22N4O3. The average Bonchev–Trinajstić information content (AvgIpc) is 2.62. The molecule has 0 aliphatic heterocycles. The van der Waals surface area contributed by atoms with Crippen molar-refractivity contribution >= 4 is 23.5 Å². The second-order valence-electron chi connectivity index (χ2n) is 5.67. The first-order valence-corrected chi connectivity index (χ1v) is 8.30. The number of amides is 4. The molecule has 0 unspecified atom stereocenters. The van der Waals surface area contributed by atoms with Crippen LogP contribution in [-0.4, -0.2) is 30.9 Å². The first-order chi connectivity index (χ1) is 12.5. The Morgan fingerprint density at radius 1 is 0.885 bits per heavy atom. The fourth-order valence-electron chi connectivity index (χ4n) is 2.28. The third-order valence-electron chi connectivity index (χ3n) is 3.58. The lowest BCUT2D eigenvalue weighted by Gasteiger charge is -2.09. The summed E-state index contributed by atoms with van der Waals surface area (Å²) in [4.78, 5) is 34.6. The fourth-order valence-corrected chi connectivity index (χ4v) is 2.28. The van der Waals surface area contributed by atoms with Crippen LogP contribution in [-0.2, 0) is 11.2 Å². The molecule has 2 aromatic rings. The maximum Gasteiger partial charge on any atom is 0.319 e. The van der Waals surface area contributed by atoms with Crippen LogP contribution in [0.5, 0.6) is 0 Å². The molecule has 2 rings (SSSR count). The SMILES string of the molecule is NC(=O)CCNC(=O)c1cccc(NC(=O)NCCc2ccccc2)c1.